The molecule has 1 unspecified atom stereocenters. The van der Waals surface area contributed by atoms with Crippen LogP contribution in [0.4, 0.5) is 0 Å². The molecule has 65 heavy (non-hydrogen) atoms. The van der Waals surface area contributed by atoms with Crippen molar-refractivity contribution in [2.45, 2.75) is 192 Å². The maximum Gasteiger partial charge on any atom is 0.243 e. The Labute approximate surface area is 418 Å². The van der Waals surface area contributed by atoms with Crippen LogP contribution in [0.15, 0.2) is 60.7 Å². The zero-order valence-corrected chi connectivity index (χ0v) is 48.8. The molecule has 0 aliphatic carbocycles. The van der Waals surface area contributed by atoms with Crippen molar-refractivity contribution in [2.24, 2.45) is 22.7 Å². The molecule has 0 spiro atoms. The van der Waals surface area contributed by atoms with Crippen LogP contribution < -0.4 is 5.32 Å². The Hall–Kier alpha value is -1.59. The van der Waals surface area contributed by atoms with E-state index in [9.17, 15) is 14.4 Å². The molecule has 1 heterocycles. The van der Waals surface area contributed by atoms with E-state index in [1.807, 2.05) is 42.4 Å². The molecule has 1 fully saturated rings. The molecule has 2 aromatic carbocycles. The Morgan fingerprint density at radius 2 is 1.14 bits per heavy atom. The summed E-state index contributed by atoms with van der Waals surface area (Å²) in [6.45, 7) is 49.7. The van der Waals surface area contributed by atoms with Crippen LogP contribution in [-0.4, -0.2) is 80.9 Å². The topological polar surface area (TPSA) is 75.7 Å². The third-order valence-electron chi connectivity index (χ3n) is 8.73. The minimum absolute atomic E-state index is 0.0110. The highest BCUT2D eigenvalue weighted by molar-refractivity contribution is 8.77. The first-order valence-electron chi connectivity index (χ1n) is 23.8. The zero-order chi connectivity index (χ0) is 50.9. The fraction of sp³-hybridized carbons (Fsp3) is 0.727. The third-order valence-corrected chi connectivity index (χ3v) is 15.6. The van der Waals surface area contributed by atoms with Gasteiger partial charge in [0.15, 0.2) is 0 Å². The van der Waals surface area contributed by atoms with Gasteiger partial charge in [-0.05, 0) is 83.3 Å². The van der Waals surface area contributed by atoms with Crippen LogP contribution >= 0.6 is 45.1 Å². The van der Waals surface area contributed by atoms with E-state index in [2.05, 4.69) is 198 Å². The molecule has 0 bridgehead atoms. The van der Waals surface area contributed by atoms with Gasteiger partial charge in [-0.3, -0.25) is 19.3 Å². The molecule has 0 saturated carbocycles. The number of carbonyl (C=O) groups is 3. The Kier molecular flexibility index (Phi) is 31.8. The maximum atomic E-state index is 12.1. The highest BCUT2D eigenvalue weighted by Gasteiger charge is 2.44. The van der Waals surface area contributed by atoms with Gasteiger partial charge in [-0.2, -0.15) is 11.8 Å². The number of hydrogen-bond donors (Lipinski definition) is 1. The van der Waals surface area contributed by atoms with Crippen molar-refractivity contribution in [3.05, 3.63) is 71.8 Å². The lowest BCUT2D eigenvalue weighted by Gasteiger charge is -2.30. The average molecular weight is 980 g/mol. The summed E-state index contributed by atoms with van der Waals surface area (Å²) < 4.78 is 5.91. The van der Waals surface area contributed by atoms with E-state index in [1.54, 1.807) is 23.5 Å². The number of carbonyl (C=O) groups excluding carboxylic acids is 3. The number of nitrogens with one attached hydrogen (secondary N) is 1. The van der Waals surface area contributed by atoms with Crippen molar-refractivity contribution in [1.82, 2.24) is 10.2 Å². The van der Waals surface area contributed by atoms with Gasteiger partial charge in [-0.1, -0.05) is 214 Å². The summed E-state index contributed by atoms with van der Waals surface area (Å²) >= 11 is 3.30. The minimum Gasteiger partial charge on any atom is -0.380 e. The largest absolute Gasteiger partial charge is 0.380 e. The highest BCUT2D eigenvalue weighted by atomic mass is 33.1. The molecular formula is C55H98N2O4S4. The van der Waals surface area contributed by atoms with Gasteiger partial charge in [-0.15, -0.1) is 11.8 Å². The molecule has 1 aliphatic rings. The van der Waals surface area contributed by atoms with E-state index in [0.29, 0.717) is 52.2 Å². The number of amides is 3. The number of rotatable bonds is 14. The smallest absolute Gasteiger partial charge is 0.243 e. The van der Waals surface area contributed by atoms with E-state index >= 15 is 0 Å². The minimum atomic E-state index is -0.388. The van der Waals surface area contributed by atoms with E-state index in [4.69, 9.17) is 4.74 Å². The molecule has 1 atom stereocenters. The number of thioether (sulfide) groups is 2. The van der Waals surface area contributed by atoms with Gasteiger partial charge in [0.2, 0.25) is 17.7 Å². The van der Waals surface area contributed by atoms with E-state index in [1.165, 1.54) is 21.8 Å². The van der Waals surface area contributed by atoms with Crippen LogP contribution in [-0.2, 0) is 30.0 Å². The van der Waals surface area contributed by atoms with Crippen LogP contribution in [0.25, 0.3) is 0 Å². The first-order chi connectivity index (χ1) is 29.5. The first-order valence-corrected chi connectivity index (χ1v) is 28.3. The van der Waals surface area contributed by atoms with Crippen LogP contribution in [0.2, 0.25) is 0 Å². The van der Waals surface area contributed by atoms with Crippen molar-refractivity contribution in [1.29, 1.82) is 0 Å². The van der Waals surface area contributed by atoms with Crippen molar-refractivity contribution in [2.75, 3.05) is 42.8 Å². The molecule has 2 aromatic rings. The average Bonchev–Trinajstić information content (AvgIpc) is 3.44. The zero-order valence-electron chi connectivity index (χ0n) is 45.6. The summed E-state index contributed by atoms with van der Waals surface area (Å²) in [5, 5.41) is 2.72. The number of hydrogen-bond acceptors (Lipinski definition) is 8. The highest BCUT2D eigenvalue weighted by Crippen LogP contribution is 2.36. The van der Waals surface area contributed by atoms with Crippen LogP contribution in [0.1, 0.15) is 176 Å². The van der Waals surface area contributed by atoms with E-state index < -0.39 is 0 Å². The predicted octanol–water partition coefficient (Wildman–Crippen LogP) is 15.4. The molecule has 1 aliphatic heterocycles. The van der Waals surface area contributed by atoms with Crippen molar-refractivity contribution < 1.29 is 19.1 Å². The molecule has 3 amide bonds. The summed E-state index contributed by atoms with van der Waals surface area (Å²) in [5.74, 6) is 5.18. The summed E-state index contributed by atoms with van der Waals surface area (Å²) in [5.41, 5.74) is 3.59. The van der Waals surface area contributed by atoms with Crippen LogP contribution in [0.5, 0.6) is 0 Å². The van der Waals surface area contributed by atoms with Gasteiger partial charge in [0.05, 0.1) is 17.6 Å². The van der Waals surface area contributed by atoms with Crippen molar-refractivity contribution >= 4 is 62.8 Å². The van der Waals surface area contributed by atoms with Crippen molar-refractivity contribution in [3.63, 3.8) is 0 Å². The number of nitrogens with zero attached hydrogens (tertiary/aromatic N) is 1. The number of imide groups is 1. The Morgan fingerprint density at radius 1 is 0.677 bits per heavy atom. The fourth-order valence-corrected chi connectivity index (χ4v) is 10.1. The monoisotopic (exact) mass is 979 g/mol. The third kappa shape index (κ3) is 38.0. The summed E-state index contributed by atoms with van der Waals surface area (Å²) in [6.07, 6.45) is 1.41. The summed E-state index contributed by atoms with van der Waals surface area (Å²) in [4.78, 5) is 36.8. The van der Waals surface area contributed by atoms with Crippen molar-refractivity contribution in [3.8, 4) is 0 Å². The Morgan fingerprint density at radius 3 is 1.48 bits per heavy atom. The second kappa shape index (κ2) is 31.5. The molecule has 1 saturated heterocycles. The number of benzene rings is 2. The Balaban J connectivity index is 0. The molecule has 10 heteroatoms. The van der Waals surface area contributed by atoms with Gasteiger partial charge < -0.3 is 10.1 Å². The lowest BCUT2D eigenvalue weighted by Crippen LogP contribution is -2.45. The van der Waals surface area contributed by atoms with Gasteiger partial charge >= 0.3 is 0 Å². The SMILES string of the molecule is CC(C)(C)CCOCCNC(=O)CSCC(C)(C)C.CC(C)(C)c1ccccc1.CC(C)(C)c1ccccc1.CC(C)CSC1CC(=O)N(C(C)(C)C)C1=O.CC(C)CSSC(C)(C)C. The Bertz CT molecular complexity index is 1510. The molecule has 376 valence electrons. The predicted molar refractivity (Wildman–Crippen MR) is 297 cm³/mol. The molecular weight excluding hydrogens is 881 g/mol. The van der Waals surface area contributed by atoms with Crippen LogP contribution in [0, 0.1) is 22.7 Å². The molecule has 1 N–H and O–H groups in total. The quantitative estimate of drug-likeness (QED) is 0.114. The standard InChI is InChI=1S/C15H31NO2S.C12H21NO2S.2C10H14.C8H18S2/c1-14(2,3)7-9-18-10-8-16-13(17)11-19-12-15(4,5)6;1-8(2)7-16-9-6-10(14)13(11(9)15)12(3,4)5;2*1-10(2,3)9-7-5-4-6-8-9;1-7(2)6-9-10-8(3,4)5/h7-12H2,1-6H3,(H,16,17);8-9H,6-7H2,1-5H3;2*4-8H,1-3H3;7H,6H2,1-5H3. The van der Waals surface area contributed by atoms with E-state index in [-0.39, 0.29) is 33.9 Å². The van der Waals surface area contributed by atoms with Crippen LogP contribution in [0.3, 0.4) is 0 Å². The molecule has 0 aromatic heterocycles. The maximum absolute atomic E-state index is 12.1. The second-order valence-electron chi connectivity index (χ2n) is 24.1. The lowest BCUT2D eigenvalue weighted by molar-refractivity contribution is -0.143. The normalized spacial score (nSPS) is 14.6. The van der Waals surface area contributed by atoms with Gasteiger partial charge in [0.25, 0.3) is 0 Å². The van der Waals surface area contributed by atoms with E-state index in [0.717, 1.165) is 30.5 Å². The lowest BCUT2D eigenvalue weighted by atomic mass is 9.87. The second-order valence-corrected chi connectivity index (χ2v) is 29.5. The van der Waals surface area contributed by atoms with Gasteiger partial charge in [0, 0.05) is 35.6 Å². The molecule has 6 nitrogen and oxygen atoms in total. The number of ether oxygens (including phenoxy) is 1. The fourth-order valence-electron chi connectivity index (χ4n) is 5.21. The summed E-state index contributed by atoms with van der Waals surface area (Å²) in [6, 6.07) is 21.1. The number of likely N-dealkylation sites (tertiary alicyclic amines) is 1. The van der Waals surface area contributed by atoms with Gasteiger partial charge in [-0.25, -0.2) is 0 Å². The van der Waals surface area contributed by atoms with Gasteiger partial charge in [0.1, 0.15) is 0 Å². The first kappa shape index (κ1) is 65.5. The summed E-state index contributed by atoms with van der Waals surface area (Å²) in [7, 11) is 3.96. The molecule has 3 rings (SSSR count). The molecule has 0 radical (unpaired) electrons.